The molecule has 2 aromatic carbocycles. The van der Waals surface area contributed by atoms with Crippen molar-refractivity contribution in [3.05, 3.63) is 78.4 Å². The van der Waals surface area contributed by atoms with Crippen LogP contribution in [0.3, 0.4) is 0 Å². The first-order valence-electron chi connectivity index (χ1n) is 13.7. The van der Waals surface area contributed by atoms with Gasteiger partial charge in [0.25, 0.3) is 0 Å². The second-order valence-electron chi connectivity index (χ2n) is 10.0. The van der Waals surface area contributed by atoms with Crippen LogP contribution in [0.1, 0.15) is 12.7 Å². The number of ether oxygens (including phenoxy) is 1. The van der Waals surface area contributed by atoms with Gasteiger partial charge in [-0.3, -0.25) is 4.79 Å². The normalized spacial score (nSPS) is 13.1. The maximum atomic E-state index is 14.2. The van der Waals surface area contributed by atoms with E-state index in [0.29, 0.717) is 54.6 Å². The van der Waals surface area contributed by atoms with Crippen LogP contribution in [-0.2, 0) is 9.53 Å². The standard InChI is InChI=1S/C31H28FN7O4/c1-18-3-10-27(43-18)21-15-26-28(33-17-21)30(39-11-13-42-14-12-39)38-29(37-26)20-4-6-22(7-5-20)35-31(41)36-23-8-9-25(24(32)16-23)34-19(2)40/h3-10,15-17H,11-14H2,1-2H3,(H,34,40)(H2,35,36,41). The highest BCUT2D eigenvalue weighted by Gasteiger charge is 2.20. The second-order valence-corrected chi connectivity index (χ2v) is 10.0. The van der Waals surface area contributed by atoms with Crippen molar-refractivity contribution in [2.45, 2.75) is 13.8 Å². The molecular formula is C31H28FN7O4. The smallest absolute Gasteiger partial charge is 0.323 e. The molecule has 218 valence electrons. The highest BCUT2D eigenvalue weighted by molar-refractivity contribution is 6.00. The molecule has 3 amide bonds. The van der Waals surface area contributed by atoms with Crippen molar-refractivity contribution >= 4 is 45.9 Å². The number of halogens is 1. The van der Waals surface area contributed by atoms with E-state index in [2.05, 4.69) is 20.9 Å². The van der Waals surface area contributed by atoms with Gasteiger partial charge in [-0.2, -0.15) is 0 Å². The number of aromatic nitrogens is 3. The van der Waals surface area contributed by atoms with E-state index in [0.717, 1.165) is 28.8 Å². The number of furan rings is 1. The summed E-state index contributed by atoms with van der Waals surface area (Å²) in [5.41, 5.74) is 3.71. The molecule has 1 aliphatic rings. The molecule has 3 aromatic heterocycles. The quantitative estimate of drug-likeness (QED) is 0.228. The van der Waals surface area contributed by atoms with Crippen LogP contribution in [0.2, 0.25) is 0 Å². The molecule has 0 aliphatic carbocycles. The van der Waals surface area contributed by atoms with Gasteiger partial charge in [-0.05, 0) is 67.6 Å². The molecule has 0 spiro atoms. The van der Waals surface area contributed by atoms with E-state index in [9.17, 15) is 14.0 Å². The molecule has 3 N–H and O–H groups in total. The number of hydrogen-bond donors (Lipinski definition) is 3. The van der Waals surface area contributed by atoms with Crippen molar-refractivity contribution in [2.24, 2.45) is 0 Å². The van der Waals surface area contributed by atoms with Crippen LogP contribution in [0, 0.1) is 12.7 Å². The molecule has 43 heavy (non-hydrogen) atoms. The van der Waals surface area contributed by atoms with Crippen molar-refractivity contribution in [3.63, 3.8) is 0 Å². The molecule has 12 heteroatoms. The van der Waals surface area contributed by atoms with Gasteiger partial charge in [0, 0.05) is 48.7 Å². The summed E-state index contributed by atoms with van der Waals surface area (Å²) in [5, 5.41) is 7.70. The van der Waals surface area contributed by atoms with Gasteiger partial charge in [0.05, 0.1) is 24.4 Å². The van der Waals surface area contributed by atoms with Crippen LogP contribution >= 0.6 is 0 Å². The molecule has 11 nitrogen and oxygen atoms in total. The largest absolute Gasteiger partial charge is 0.461 e. The van der Waals surface area contributed by atoms with E-state index in [4.69, 9.17) is 24.1 Å². The summed E-state index contributed by atoms with van der Waals surface area (Å²) in [6.45, 7) is 5.74. The Morgan fingerprint density at radius 1 is 0.884 bits per heavy atom. The Kier molecular flexibility index (Phi) is 7.67. The monoisotopic (exact) mass is 581 g/mol. The van der Waals surface area contributed by atoms with Gasteiger partial charge < -0.3 is 30.0 Å². The molecule has 1 fully saturated rings. The highest BCUT2D eigenvalue weighted by Crippen LogP contribution is 2.31. The van der Waals surface area contributed by atoms with Crippen molar-refractivity contribution in [2.75, 3.05) is 47.2 Å². The number of fused-ring (bicyclic) bond motifs is 1. The lowest BCUT2D eigenvalue weighted by Crippen LogP contribution is -2.37. The van der Waals surface area contributed by atoms with Crippen LogP contribution in [-0.4, -0.2) is 53.2 Å². The number of urea groups is 1. The van der Waals surface area contributed by atoms with Gasteiger partial charge in [0.15, 0.2) is 11.6 Å². The minimum atomic E-state index is -0.661. The molecule has 0 saturated carbocycles. The molecule has 5 aromatic rings. The molecule has 0 unspecified atom stereocenters. The molecule has 1 saturated heterocycles. The third kappa shape index (κ3) is 6.28. The van der Waals surface area contributed by atoms with E-state index in [1.54, 1.807) is 18.3 Å². The number of carbonyl (C=O) groups excluding carboxylic acids is 2. The lowest BCUT2D eigenvalue weighted by Gasteiger charge is -2.28. The van der Waals surface area contributed by atoms with Gasteiger partial charge in [0.1, 0.15) is 22.9 Å². The number of morpholine rings is 1. The molecule has 0 bridgehead atoms. The van der Waals surface area contributed by atoms with Gasteiger partial charge in [-0.1, -0.05) is 0 Å². The number of nitrogens with zero attached hydrogens (tertiary/aromatic N) is 4. The van der Waals surface area contributed by atoms with E-state index in [1.807, 2.05) is 37.3 Å². The number of carbonyl (C=O) groups is 2. The summed E-state index contributed by atoms with van der Waals surface area (Å²) in [5.74, 6) is 1.70. The Labute approximate surface area is 246 Å². The first-order chi connectivity index (χ1) is 20.8. The topological polar surface area (TPSA) is 135 Å². The zero-order valence-corrected chi connectivity index (χ0v) is 23.5. The van der Waals surface area contributed by atoms with Gasteiger partial charge in [-0.15, -0.1) is 0 Å². The Morgan fingerprint density at radius 2 is 1.63 bits per heavy atom. The van der Waals surface area contributed by atoms with Crippen molar-refractivity contribution in [1.82, 2.24) is 15.0 Å². The number of pyridine rings is 1. The third-order valence-electron chi connectivity index (χ3n) is 6.79. The van der Waals surface area contributed by atoms with Crippen LogP contribution in [0.25, 0.3) is 33.7 Å². The summed E-state index contributed by atoms with van der Waals surface area (Å²) in [4.78, 5) is 40.3. The fraction of sp³-hybridized carbons (Fsp3) is 0.194. The number of aryl methyl sites for hydroxylation is 1. The Hall–Kier alpha value is -5.36. The summed E-state index contributed by atoms with van der Waals surface area (Å²) >= 11 is 0. The highest BCUT2D eigenvalue weighted by atomic mass is 19.1. The SMILES string of the molecule is CC(=O)Nc1ccc(NC(=O)Nc2ccc(-c3nc(N4CCOCC4)c4ncc(-c5ccc(C)o5)cc4n3)cc2)cc1F. The molecule has 1 aliphatic heterocycles. The molecule has 0 radical (unpaired) electrons. The molecule has 6 rings (SSSR count). The second kappa shape index (κ2) is 11.9. The van der Waals surface area contributed by atoms with Crippen LogP contribution in [0.15, 0.2) is 71.3 Å². The average Bonchev–Trinajstić information content (AvgIpc) is 3.44. The van der Waals surface area contributed by atoms with Gasteiger partial charge in [0.2, 0.25) is 5.91 Å². The predicted molar refractivity (Wildman–Crippen MR) is 162 cm³/mol. The fourth-order valence-corrected chi connectivity index (χ4v) is 4.73. The summed E-state index contributed by atoms with van der Waals surface area (Å²) < 4.78 is 25.6. The average molecular weight is 582 g/mol. The number of hydrogen-bond acceptors (Lipinski definition) is 8. The number of rotatable bonds is 6. The maximum absolute atomic E-state index is 14.2. The minimum Gasteiger partial charge on any atom is -0.461 e. The van der Waals surface area contributed by atoms with Crippen molar-refractivity contribution in [1.29, 1.82) is 0 Å². The number of benzene rings is 2. The predicted octanol–water partition coefficient (Wildman–Crippen LogP) is 5.84. The Bertz CT molecular complexity index is 1820. The lowest BCUT2D eigenvalue weighted by molar-refractivity contribution is -0.114. The van der Waals surface area contributed by atoms with E-state index < -0.39 is 17.8 Å². The van der Waals surface area contributed by atoms with Gasteiger partial charge in [-0.25, -0.2) is 24.1 Å². The van der Waals surface area contributed by atoms with Crippen molar-refractivity contribution < 1.29 is 23.1 Å². The molecular weight excluding hydrogens is 553 g/mol. The summed E-state index contributed by atoms with van der Waals surface area (Å²) in [7, 11) is 0. The van der Waals surface area contributed by atoms with Crippen LogP contribution in [0.5, 0.6) is 0 Å². The fourth-order valence-electron chi connectivity index (χ4n) is 4.73. The van der Waals surface area contributed by atoms with E-state index in [-0.39, 0.29) is 11.4 Å². The minimum absolute atomic E-state index is 0.0322. The molecule has 4 heterocycles. The van der Waals surface area contributed by atoms with Crippen LogP contribution < -0.4 is 20.9 Å². The zero-order valence-electron chi connectivity index (χ0n) is 23.5. The van der Waals surface area contributed by atoms with E-state index >= 15 is 0 Å². The van der Waals surface area contributed by atoms with Crippen molar-refractivity contribution in [3.8, 4) is 22.7 Å². The Morgan fingerprint density at radius 3 is 2.33 bits per heavy atom. The van der Waals surface area contributed by atoms with Gasteiger partial charge >= 0.3 is 6.03 Å². The third-order valence-corrected chi connectivity index (χ3v) is 6.79. The molecule has 0 atom stereocenters. The maximum Gasteiger partial charge on any atom is 0.323 e. The number of nitrogens with one attached hydrogen (secondary N) is 3. The van der Waals surface area contributed by atoms with Crippen LogP contribution in [0.4, 0.5) is 32.1 Å². The zero-order chi connectivity index (χ0) is 29.9. The summed E-state index contributed by atoms with van der Waals surface area (Å²) in [6.07, 6.45) is 1.77. The first-order valence-corrected chi connectivity index (χ1v) is 13.7. The van der Waals surface area contributed by atoms with E-state index in [1.165, 1.54) is 19.1 Å². The first kappa shape index (κ1) is 27.8. The Balaban J connectivity index is 1.24. The summed E-state index contributed by atoms with van der Waals surface area (Å²) in [6, 6.07) is 16.3. The number of anilines is 4. The number of amides is 3. The lowest BCUT2D eigenvalue weighted by atomic mass is 10.1.